The highest BCUT2D eigenvalue weighted by atomic mass is 35.5. The lowest BCUT2D eigenvalue weighted by Crippen LogP contribution is -2.43. The topological polar surface area (TPSA) is 76.7 Å². The summed E-state index contributed by atoms with van der Waals surface area (Å²) >= 11 is 7.57. The molecule has 0 saturated heterocycles. The molecule has 1 aromatic heterocycles. The number of hydrazine groups is 1. The molecule has 0 aliphatic rings. The first kappa shape index (κ1) is 21.7. The molecule has 0 spiro atoms. The highest BCUT2D eigenvalue weighted by Gasteiger charge is 2.18. The van der Waals surface area contributed by atoms with Crippen LogP contribution in [0, 0.1) is 0 Å². The van der Waals surface area contributed by atoms with Crippen LogP contribution in [0.4, 0.5) is 0 Å². The van der Waals surface area contributed by atoms with Crippen molar-refractivity contribution in [2.24, 2.45) is 0 Å². The maximum absolute atomic E-state index is 12.5. The number of halogens is 1. The molecule has 2 N–H and O–H groups in total. The van der Waals surface area contributed by atoms with Gasteiger partial charge in [0.2, 0.25) is 0 Å². The molecule has 6 nitrogen and oxygen atoms in total. The van der Waals surface area contributed by atoms with E-state index in [2.05, 4.69) is 10.9 Å². The molecule has 2 amide bonds. The molecule has 0 atom stereocenters. The van der Waals surface area contributed by atoms with Gasteiger partial charge < -0.3 is 9.47 Å². The number of ether oxygens (including phenoxy) is 2. The van der Waals surface area contributed by atoms with Gasteiger partial charge in [-0.2, -0.15) is 0 Å². The van der Waals surface area contributed by atoms with Crippen LogP contribution in [0.15, 0.2) is 72.8 Å². The first-order valence-electron chi connectivity index (χ1n) is 9.69. The fourth-order valence-corrected chi connectivity index (χ4v) is 4.57. The summed E-state index contributed by atoms with van der Waals surface area (Å²) in [6, 6.07) is 22.5. The Hall–Kier alpha value is -3.55. The van der Waals surface area contributed by atoms with E-state index in [1.165, 1.54) is 11.3 Å². The van der Waals surface area contributed by atoms with Crippen molar-refractivity contribution in [3.05, 3.63) is 82.7 Å². The SMILES string of the molecule is COc1ccc2c(Cl)c(C(=O)NNC(=O)COc3ccccc3-c3ccccc3)sc2c1. The summed E-state index contributed by atoms with van der Waals surface area (Å²) in [6.45, 7) is -0.262. The number of hydrogen-bond acceptors (Lipinski definition) is 5. The Kier molecular flexibility index (Phi) is 6.58. The number of carbonyl (C=O) groups excluding carboxylic acids is 2. The summed E-state index contributed by atoms with van der Waals surface area (Å²) in [6.07, 6.45) is 0. The van der Waals surface area contributed by atoms with Crippen molar-refractivity contribution in [1.82, 2.24) is 10.9 Å². The predicted octanol–water partition coefficient (Wildman–Crippen LogP) is 5.07. The molecular weight excluding hydrogens is 448 g/mol. The van der Waals surface area contributed by atoms with Gasteiger partial charge in [-0.25, -0.2) is 0 Å². The number of carbonyl (C=O) groups is 2. The Bertz CT molecular complexity index is 1270. The molecule has 0 radical (unpaired) electrons. The molecule has 4 rings (SSSR count). The van der Waals surface area contributed by atoms with Gasteiger partial charge in [0.05, 0.1) is 12.1 Å². The Labute approximate surface area is 193 Å². The van der Waals surface area contributed by atoms with Crippen LogP contribution < -0.4 is 20.3 Å². The molecular formula is C24H19ClN2O4S. The van der Waals surface area contributed by atoms with E-state index in [0.717, 1.165) is 21.2 Å². The van der Waals surface area contributed by atoms with Crippen LogP contribution in [0.5, 0.6) is 11.5 Å². The molecule has 8 heteroatoms. The third-order valence-corrected chi connectivity index (χ3v) is 6.34. The van der Waals surface area contributed by atoms with E-state index in [-0.39, 0.29) is 6.61 Å². The molecule has 4 aromatic rings. The summed E-state index contributed by atoms with van der Waals surface area (Å²) in [7, 11) is 1.57. The van der Waals surface area contributed by atoms with E-state index in [0.29, 0.717) is 21.4 Å². The second-order valence-electron chi connectivity index (χ2n) is 6.76. The Morgan fingerprint density at radius 2 is 1.72 bits per heavy atom. The molecule has 1 heterocycles. The van der Waals surface area contributed by atoms with Gasteiger partial charge in [0, 0.05) is 15.6 Å². The maximum Gasteiger partial charge on any atom is 0.281 e. The highest BCUT2D eigenvalue weighted by molar-refractivity contribution is 7.21. The van der Waals surface area contributed by atoms with Crippen LogP contribution in [0.3, 0.4) is 0 Å². The maximum atomic E-state index is 12.5. The minimum Gasteiger partial charge on any atom is -0.497 e. The summed E-state index contributed by atoms with van der Waals surface area (Å²) in [4.78, 5) is 25.1. The number of para-hydroxylation sites is 1. The van der Waals surface area contributed by atoms with Gasteiger partial charge in [-0.1, -0.05) is 60.1 Å². The fourth-order valence-electron chi connectivity index (χ4n) is 3.13. The van der Waals surface area contributed by atoms with Gasteiger partial charge >= 0.3 is 0 Å². The third-order valence-electron chi connectivity index (χ3n) is 4.69. The summed E-state index contributed by atoms with van der Waals surface area (Å²) in [5.74, 6) is 0.235. The number of benzene rings is 3. The Morgan fingerprint density at radius 1 is 0.969 bits per heavy atom. The van der Waals surface area contributed by atoms with Crippen LogP contribution >= 0.6 is 22.9 Å². The molecule has 0 aliphatic heterocycles. The lowest BCUT2D eigenvalue weighted by molar-refractivity contribution is -0.123. The summed E-state index contributed by atoms with van der Waals surface area (Å²) < 4.78 is 11.7. The van der Waals surface area contributed by atoms with Crippen molar-refractivity contribution in [2.75, 3.05) is 13.7 Å². The van der Waals surface area contributed by atoms with E-state index in [1.807, 2.05) is 48.5 Å². The van der Waals surface area contributed by atoms with E-state index in [4.69, 9.17) is 21.1 Å². The minimum atomic E-state index is -0.506. The number of fused-ring (bicyclic) bond motifs is 1. The number of thiophene rings is 1. The van der Waals surface area contributed by atoms with Crippen molar-refractivity contribution in [2.45, 2.75) is 0 Å². The second kappa shape index (κ2) is 9.72. The smallest absolute Gasteiger partial charge is 0.281 e. The van der Waals surface area contributed by atoms with Crippen molar-refractivity contribution in [1.29, 1.82) is 0 Å². The van der Waals surface area contributed by atoms with Crippen LogP contribution in [-0.4, -0.2) is 25.5 Å². The zero-order valence-corrected chi connectivity index (χ0v) is 18.6. The van der Waals surface area contributed by atoms with Crippen molar-refractivity contribution >= 4 is 44.8 Å². The predicted molar refractivity (Wildman–Crippen MR) is 126 cm³/mol. The van der Waals surface area contributed by atoms with E-state index in [9.17, 15) is 9.59 Å². The number of methoxy groups -OCH3 is 1. The van der Waals surface area contributed by atoms with Crippen LogP contribution in [0.2, 0.25) is 5.02 Å². The summed E-state index contributed by atoms with van der Waals surface area (Å²) in [5, 5.41) is 1.07. The second-order valence-corrected chi connectivity index (χ2v) is 8.19. The monoisotopic (exact) mass is 466 g/mol. The van der Waals surface area contributed by atoms with Gasteiger partial charge in [-0.3, -0.25) is 20.4 Å². The largest absolute Gasteiger partial charge is 0.497 e. The minimum absolute atomic E-state index is 0.262. The first-order chi connectivity index (χ1) is 15.6. The molecule has 0 unspecified atom stereocenters. The van der Waals surface area contributed by atoms with Crippen molar-refractivity contribution in [3.8, 4) is 22.6 Å². The normalized spacial score (nSPS) is 10.6. The summed E-state index contributed by atoms with van der Waals surface area (Å²) in [5.41, 5.74) is 6.60. The lowest BCUT2D eigenvalue weighted by atomic mass is 10.1. The number of hydrogen-bond donors (Lipinski definition) is 2. The molecule has 0 bridgehead atoms. The van der Waals surface area contributed by atoms with Gasteiger partial charge in [0.25, 0.3) is 11.8 Å². The van der Waals surface area contributed by atoms with Gasteiger partial charge in [0.15, 0.2) is 6.61 Å². The molecule has 0 fully saturated rings. The molecule has 32 heavy (non-hydrogen) atoms. The lowest BCUT2D eigenvalue weighted by Gasteiger charge is -2.12. The molecule has 0 saturated carbocycles. The number of rotatable bonds is 6. The van der Waals surface area contributed by atoms with Crippen molar-refractivity contribution in [3.63, 3.8) is 0 Å². The van der Waals surface area contributed by atoms with E-state index < -0.39 is 11.8 Å². The first-order valence-corrected chi connectivity index (χ1v) is 10.9. The van der Waals surface area contributed by atoms with E-state index in [1.54, 1.807) is 31.4 Å². The third kappa shape index (κ3) is 4.69. The quantitative estimate of drug-likeness (QED) is 0.389. The van der Waals surface area contributed by atoms with Crippen LogP contribution in [0.25, 0.3) is 21.2 Å². The average Bonchev–Trinajstić information content (AvgIpc) is 3.17. The Balaban J connectivity index is 1.38. The average molecular weight is 467 g/mol. The van der Waals surface area contributed by atoms with Crippen LogP contribution in [-0.2, 0) is 4.79 Å². The van der Waals surface area contributed by atoms with Gasteiger partial charge in [0.1, 0.15) is 16.4 Å². The Morgan fingerprint density at radius 3 is 2.50 bits per heavy atom. The number of amides is 2. The van der Waals surface area contributed by atoms with E-state index >= 15 is 0 Å². The molecule has 0 aliphatic carbocycles. The van der Waals surface area contributed by atoms with Gasteiger partial charge in [-0.15, -0.1) is 11.3 Å². The van der Waals surface area contributed by atoms with Crippen molar-refractivity contribution < 1.29 is 19.1 Å². The standard InChI is InChI=1S/C24H19ClN2O4S/c1-30-16-11-12-18-20(13-16)32-23(22(18)25)24(29)27-26-21(28)14-31-19-10-6-5-9-17(19)15-7-3-2-4-8-15/h2-13H,14H2,1H3,(H,26,28)(H,27,29). The number of nitrogens with one attached hydrogen (secondary N) is 2. The zero-order chi connectivity index (χ0) is 22.5. The molecule has 162 valence electrons. The van der Waals surface area contributed by atoms with Crippen LogP contribution in [0.1, 0.15) is 9.67 Å². The highest BCUT2D eigenvalue weighted by Crippen LogP contribution is 2.37. The fraction of sp³-hybridized carbons (Fsp3) is 0.0833. The molecule has 3 aromatic carbocycles. The zero-order valence-electron chi connectivity index (χ0n) is 17.1. The van der Waals surface area contributed by atoms with Gasteiger partial charge in [-0.05, 0) is 29.8 Å².